The third kappa shape index (κ3) is 3.80. The Morgan fingerprint density at radius 1 is 1.16 bits per heavy atom. The van der Waals surface area contributed by atoms with Crippen molar-refractivity contribution in [3.05, 3.63) is 65.5 Å². The Kier molecular flexibility index (Phi) is 4.53. The van der Waals surface area contributed by atoms with Crippen molar-refractivity contribution < 1.29 is 14.2 Å². The second-order valence-corrected chi connectivity index (χ2v) is 4.44. The van der Waals surface area contributed by atoms with E-state index in [0.29, 0.717) is 12.4 Å². The lowest BCUT2D eigenvalue weighted by atomic mass is 10.1. The van der Waals surface area contributed by atoms with Crippen LogP contribution in [0.1, 0.15) is 24.2 Å². The smallest absolute Gasteiger partial charge is 0.132 e. The molecule has 0 saturated heterocycles. The minimum atomic E-state index is -0.807. The van der Waals surface area contributed by atoms with Crippen molar-refractivity contribution >= 4 is 0 Å². The van der Waals surface area contributed by atoms with Crippen molar-refractivity contribution in [1.29, 1.82) is 0 Å². The van der Waals surface area contributed by atoms with Crippen LogP contribution in [0.25, 0.3) is 0 Å². The van der Waals surface area contributed by atoms with E-state index in [0.717, 1.165) is 6.42 Å². The normalized spacial score (nSPS) is 12.2. The highest BCUT2D eigenvalue weighted by Crippen LogP contribution is 2.21. The monoisotopic (exact) mass is 260 g/mol. The van der Waals surface area contributed by atoms with Gasteiger partial charge in [-0.1, -0.05) is 30.3 Å². The molecule has 0 fully saturated rings. The van der Waals surface area contributed by atoms with Gasteiger partial charge in [0.2, 0.25) is 0 Å². The van der Waals surface area contributed by atoms with Crippen LogP contribution >= 0.6 is 0 Å². The highest BCUT2D eigenvalue weighted by molar-refractivity contribution is 5.30. The number of ether oxygens (including phenoxy) is 1. The Balaban J connectivity index is 1.92. The minimum Gasteiger partial charge on any atom is -0.493 e. The van der Waals surface area contributed by atoms with Gasteiger partial charge in [0.25, 0.3) is 0 Å². The zero-order chi connectivity index (χ0) is 13.7. The molecule has 0 heterocycles. The lowest BCUT2D eigenvalue weighted by Crippen LogP contribution is -2.02. The van der Waals surface area contributed by atoms with Crippen LogP contribution in [0.15, 0.2) is 48.5 Å². The zero-order valence-electron chi connectivity index (χ0n) is 10.8. The average Bonchev–Trinajstić information content (AvgIpc) is 2.39. The van der Waals surface area contributed by atoms with Crippen LogP contribution in [-0.4, -0.2) is 11.7 Å². The van der Waals surface area contributed by atoms with E-state index in [4.69, 9.17) is 4.74 Å². The fourth-order valence-corrected chi connectivity index (χ4v) is 1.87. The number of rotatable bonds is 5. The van der Waals surface area contributed by atoms with E-state index in [-0.39, 0.29) is 5.56 Å². The molecular weight excluding hydrogens is 243 g/mol. The van der Waals surface area contributed by atoms with Crippen LogP contribution in [0.2, 0.25) is 0 Å². The molecule has 2 nitrogen and oxygen atoms in total. The molecule has 0 aliphatic heterocycles. The Morgan fingerprint density at radius 2 is 1.89 bits per heavy atom. The minimum absolute atomic E-state index is 0.287. The van der Waals surface area contributed by atoms with Gasteiger partial charge in [-0.15, -0.1) is 0 Å². The van der Waals surface area contributed by atoms with Gasteiger partial charge < -0.3 is 9.84 Å². The number of aliphatic hydroxyl groups excluding tert-OH is 1. The van der Waals surface area contributed by atoms with E-state index in [1.165, 1.54) is 18.6 Å². The zero-order valence-corrected chi connectivity index (χ0v) is 10.8. The van der Waals surface area contributed by atoms with Gasteiger partial charge in [0.05, 0.1) is 12.7 Å². The van der Waals surface area contributed by atoms with Crippen LogP contribution in [0.3, 0.4) is 0 Å². The first-order valence-corrected chi connectivity index (χ1v) is 6.31. The molecule has 0 unspecified atom stereocenters. The molecule has 0 aliphatic rings. The summed E-state index contributed by atoms with van der Waals surface area (Å²) in [7, 11) is 0. The summed E-state index contributed by atoms with van der Waals surface area (Å²) in [5.74, 6) is 0.0463. The summed E-state index contributed by atoms with van der Waals surface area (Å²) in [6, 6.07) is 14.5. The van der Waals surface area contributed by atoms with Crippen LogP contribution in [0, 0.1) is 5.82 Å². The molecule has 2 aromatic carbocycles. The second kappa shape index (κ2) is 6.34. The molecule has 0 spiro atoms. The van der Waals surface area contributed by atoms with Gasteiger partial charge >= 0.3 is 0 Å². The van der Waals surface area contributed by atoms with Crippen LogP contribution in [-0.2, 0) is 6.42 Å². The molecule has 2 aromatic rings. The molecule has 19 heavy (non-hydrogen) atoms. The summed E-state index contributed by atoms with van der Waals surface area (Å²) in [5.41, 5.74) is 1.47. The summed E-state index contributed by atoms with van der Waals surface area (Å²) in [4.78, 5) is 0. The highest BCUT2D eigenvalue weighted by atomic mass is 19.1. The SMILES string of the molecule is C[C@H](O)c1ccc(OCCc2ccccc2)cc1F. The Morgan fingerprint density at radius 3 is 2.53 bits per heavy atom. The van der Waals surface area contributed by atoms with Gasteiger partial charge in [0.1, 0.15) is 11.6 Å². The Labute approximate surface area is 112 Å². The molecule has 2 rings (SSSR count). The topological polar surface area (TPSA) is 29.5 Å². The van der Waals surface area contributed by atoms with E-state index in [1.54, 1.807) is 12.1 Å². The summed E-state index contributed by atoms with van der Waals surface area (Å²) >= 11 is 0. The molecule has 0 bridgehead atoms. The molecule has 0 aliphatic carbocycles. The van der Waals surface area contributed by atoms with Crippen molar-refractivity contribution in [1.82, 2.24) is 0 Å². The van der Waals surface area contributed by atoms with E-state index < -0.39 is 11.9 Å². The highest BCUT2D eigenvalue weighted by Gasteiger charge is 2.08. The molecule has 1 atom stereocenters. The second-order valence-electron chi connectivity index (χ2n) is 4.44. The lowest BCUT2D eigenvalue weighted by molar-refractivity contribution is 0.194. The maximum absolute atomic E-state index is 13.6. The number of hydrogen-bond donors (Lipinski definition) is 1. The molecule has 3 heteroatoms. The van der Waals surface area contributed by atoms with Gasteiger partial charge in [-0.25, -0.2) is 4.39 Å². The third-order valence-corrected chi connectivity index (χ3v) is 2.92. The van der Waals surface area contributed by atoms with Gasteiger partial charge in [-0.05, 0) is 24.6 Å². The van der Waals surface area contributed by atoms with Crippen LogP contribution in [0.4, 0.5) is 4.39 Å². The van der Waals surface area contributed by atoms with Gasteiger partial charge in [0.15, 0.2) is 0 Å². The summed E-state index contributed by atoms with van der Waals surface area (Å²) in [6.45, 7) is 2.03. The van der Waals surface area contributed by atoms with Crippen molar-refractivity contribution in [2.75, 3.05) is 6.61 Å². The van der Waals surface area contributed by atoms with E-state index in [2.05, 4.69) is 0 Å². The standard InChI is InChI=1S/C16H17FO2/c1-12(18)15-8-7-14(11-16(15)17)19-10-9-13-5-3-2-4-6-13/h2-8,11-12,18H,9-10H2,1H3/t12-/m0/s1. The van der Waals surface area contributed by atoms with Crippen molar-refractivity contribution in [2.45, 2.75) is 19.4 Å². The van der Waals surface area contributed by atoms with Crippen molar-refractivity contribution in [2.24, 2.45) is 0 Å². The van der Waals surface area contributed by atoms with Gasteiger partial charge in [-0.2, -0.15) is 0 Å². The lowest BCUT2D eigenvalue weighted by Gasteiger charge is -2.10. The Hall–Kier alpha value is -1.87. The number of aliphatic hydroxyl groups is 1. The molecule has 1 N–H and O–H groups in total. The predicted molar refractivity (Wildman–Crippen MR) is 72.7 cm³/mol. The average molecular weight is 260 g/mol. The maximum Gasteiger partial charge on any atom is 0.132 e. The largest absolute Gasteiger partial charge is 0.493 e. The molecule has 0 radical (unpaired) electrons. The van der Waals surface area contributed by atoms with Crippen molar-refractivity contribution in [3.63, 3.8) is 0 Å². The van der Waals surface area contributed by atoms with E-state index in [1.807, 2.05) is 30.3 Å². The molecular formula is C16H17FO2. The number of halogens is 1. The molecule has 0 amide bonds. The van der Waals surface area contributed by atoms with E-state index >= 15 is 0 Å². The van der Waals surface area contributed by atoms with Crippen LogP contribution in [0.5, 0.6) is 5.75 Å². The Bertz CT molecular complexity index is 524. The molecule has 100 valence electrons. The van der Waals surface area contributed by atoms with Gasteiger partial charge in [-0.3, -0.25) is 0 Å². The summed E-state index contributed by atoms with van der Waals surface area (Å²) in [5, 5.41) is 9.34. The van der Waals surface area contributed by atoms with E-state index in [9.17, 15) is 9.50 Å². The summed E-state index contributed by atoms with van der Waals surface area (Å²) < 4.78 is 19.1. The first kappa shape index (κ1) is 13.6. The third-order valence-electron chi connectivity index (χ3n) is 2.92. The number of benzene rings is 2. The fourth-order valence-electron chi connectivity index (χ4n) is 1.87. The first-order valence-electron chi connectivity index (χ1n) is 6.31. The predicted octanol–water partition coefficient (Wildman–Crippen LogP) is 3.50. The molecule has 0 saturated carbocycles. The summed E-state index contributed by atoms with van der Waals surface area (Å²) in [6.07, 6.45) is -0.0287. The molecule has 0 aromatic heterocycles. The maximum atomic E-state index is 13.6. The fraction of sp³-hybridized carbons (Fsp3) is 0.250. The quantitative estimate of drug-likeness (QED) is 0.891. The van der Waals surface area contributed by atoms with Crippen LogP contribution < -0.4 is 4.74 Å². The van der Waals surface area contributed by atoms with Gasteiger partial charge in [0, 0.05) is 18.1 Å². The number of hydrogen-bond acceptors (Lipinski definition) is 2. The van der Waals surface area contributed by atoms with Crippen molar-refractivity contribution in [3.8, 4) is 5.75 Å². The first-order chi connectivity index (χ1) is 9.16.